The number of hydrogen-bond acceptors (Lipinski definition) is 4. The predicted molar refractivity (Wildman–Crippen MR) is 135 cm³/mol. The van der Waals surface area contributed by atoms with Crippen LogP contribution in [0.5, 0.6) is 11.5 Å². The smallest absolute Gasteiger partial charge is 0.253 e. The maximum absolute atomic E-state index is 13.3. The molecule has 1 fully saturated rings. The Hall–Kier alpha value is -3.67. The highest BCUT2D eigenvalue weighted by Gasteiger charge is 2.31. The first kappa shape index (κ1) is 24.0. The number of Topliss-reactive ketones (excluding diaryl/α,β-unsaturated/α-hetero) is 1. The van der Waals surface area contributed by atoms with Crippen molar-refractivity contribution < 1.29 is 23.5 Å². The van der Waals surface area contributed by atoms with Gasteiger partial charge in [0.25, 0.3) is 5.91 Å². The van der Waals surface area contributed by atoms with Gasteiger partial charge < -0.3 is 14.4 Å². The highest BCUT2D eigenvalue weighted by atomic mass is 19.1. The molecular formula is C30H30FNO4. The van der Waals surface area contributed by atoms with Gasteiger partial charge in [-0.15, -0.1) is 0 Å². The Morgan fingerprint density at radius 3 is 2.56 bits per heavy atom. The lowest BCUT2D eigenvalue weighted by Crippen LogP contribution is -2.40. The van der Waals surface area contributed by atoms with Crippen molar-refractivity contribution in [2.24, 2.45) is 5.92 Å². The van der Waals surface area contributed by atoms with E-state index < -0.39 is 6.67 Å². The van der Waals surface area contributed by atoms with E-state index in [0.29, 0.717) is 42.5 Å². The third kappa shape index (κ3) is 5.27. The number of carbonyl (C=O) groups is 2. The van der Waals surface area contributed by atoms with Crippen molar-refractivity contribution >= 4 is 11.7 Å². The van der Waals surface area contributed by atoms with Gasteiger partial charge in [0.15, 0.2) is 5.78 Å². The Bertz CT molecular complexity index is 1220. The molecule has 0 N–H and O–H groups in total. The van der Waals surface area contributed by atoms with Crippen LogP contribution >= 0.6 is 0 Å². The molecule has 2 aliphatic rings. The largest absolute Gasteiger partial charge is 0.491 e. The molecule has 1 saturated heterocycles. The third-order valence-corrected chi connectivity index (χ3v) is 7.10. The summed E-state index contributed by atoms with van der Waals surface area (Å²) in [5, 5.41) is 0. The highest BCUT2D eigenvalue weighted by Crippen LogP contribution is 2.39. The summed E-state index contributed by atoms with van der Waals surface area (Å²) in [6, 6.07) is 23.7. The molecule has 0 unspecified atom stereocenters. The molecule has 1 atom stereocenters. The number of benzene rings is 3. The summed E-state index contributed by atoms with van der Waals surface area (Å²) in [6.07, 6.45) is 2.05. The molecule has 6 heteroatoms. The topological polar surface area (TPSA) is 55.8 Å². The quantitative estimate of drug-likeness (QED) is 0.458. The maximum atomic E-state index is 13.3. The molecule has 36 heavy (non-hydrogen) atoms. The molecule has 5 rings (SSSR count). The minimum Gasteiger partial charge on any atom is -0.491 e. The molecule has 3 aromatic carbocycles. The van der Waals surface area contributed by atoms with Crippen LogP contribution in [0.2, 0.25) is 0 Å². The first-order valence-electron chi connectivity index (χ1n) is 12.5. The number of nitrogens with zero attached hydrogens (tertiary/aromatic N) is 1. The van der Waals surface area contributed by atoms with Crippen molar-refractivity contribution in [2.75, 3.05) is 33.0 Å². The summed E-state index contributed by atoms with van der Waals surface area (Å²) < 4.78 is 23.7. The van der Waals surface area contributed by atoms with Gasteiger partial charge in [-0.1, -0.05) is 42.5 Å². The van der Waals surface area contributed by atoms with Crippen LogP contribution in [-0.2, 0) is 11.2 Å². The fraction of sp³-hybridized carbons (Fsp3) is 0.333. The van der Waals surface area contributed by atoms with E-state index in [4.69, 9.17) is 9.47 Å². The van der Waals surface area contributed by atoms with Gasteiger partial charge in [-0.2, -0.15) is 0 Å². The second-order valence-electron chi connectivity index (χ2n) is 9.45. The number of piperidine rings is 1. The lowest BCUT2D eigenvalue weighted by atomic mass is 9.76. The molecule has 0 aliphatic carbocycles. The molecule has 1 amide bonds. The number of halogens is 1. The fourth-order valence-electron chi connectivity index (χ4n) is 5.38. The Kier molecular flexibility index (Phi) is 7.31. The third-order valence-electron chi connectivity index (χ3n) is 7.10. The standard InChI is InChI=1S/C30H30FNO4/c31-13-16-35-27-8-4-7-23(19-27)29(21-5-2-1-3-6-21)22-11-14-32(15-12-22)30(34)24-9-10-28-25(17-24)18-26(33)20-36-28/h1-10,17,19,22,29H,11-16,18,20H2/t29-/m1/s1. The normalized spacial score (nSPS) is 16.7. The lowest BCUT2D eigenvalue weighted by Gasteiger charge is -2.37. The van der Waals surface area contributed by atoms with Crippen LogP contribution < -0.4 is 9.47 Å². The second-order valence-corrected chi connectivity index (χ2v) is 9.45. The van der Waals surface area contributed by atoms with E-state index in [0.717, 1.165) is 24.0 Å². The number of rotatable bonds is 7. The van der Waals surface area contributed by atoms with Crippen LogP contribution in [0.25, 0.3) is 0 Å². The molecular weight excluding hydrogens is 457 g/mol. The highest BCUT2D eigenvalue weighted by molar-refractivity contribution is 5.95. The number of alkyl halides is 1. The molecule has 5 nitrogen and oxygen atoms in total. The van der Waals surface area contributed by atoms with Gasteiger partial charge in [0.2, 0.25) is 0 Å². The van der Waals surface area contributed by atoms with Gasteiger partial charge in [-0.25, -0.2) is 4.39 Å². The average molecular weight is 488 g/mol. The van der Waals surface area contributed by atoms with Crippen molar-refractivity contribution in [3.8, 4) is 11.5 Å². The van der Waals surface area contributed by atoms with Crippen molar-refractivity contribution in [1.82, 2.24) is 4.90 Å². The summed E-state index contributed by atoms with van der Waals surface area (Å²) in [4.78, 5) is 27.0. The van der Waals surface area contributed by atoms with Gasteiger partial charge in [0, 0.05) is 36.6 Å². The summed E-state index contributed by atoms with van der Waals surface area (Å²) >= 11 is 0. The molecule has 3 aromatic rings. The number of ether oxygens (including phenoxy) is 2. The van der Waals surface area contributed by atoms with Gasteiger partial charge >= 0.3 is 0 Å². The summed E-state index contributed by atoms with van der Waals surface area (Å²) in [5.41, 5.74) is 3.75. The molecule has 0 bridgehead atoms. The number of carbonyl (C=O) groups excluding carboxylic acids is 2. The van der Waals surface area contributed by atoms with E-state index >= 15 is 0 Å². The molecule has 0 radical (unpaired) electrons. The first-order valence-corrected chi connectivity index (χ1v) is 12.5. The Morgan fingerprint density at radius 2 is 1.78 bits per heavy atom. The second kappa shape index (κ2) is 10.9. The minimum absolute atomic E-state index is 0.00727. The zero-order chi connectivity index (χ0) is 24.9. The minimum atomic E-state index is -0.521. The first-order chi connectivity index (χ1) is 17.6. The fourth-order valence-corrected chi connectivity index (χ4v) is 5.38. The zero-order valence-electron chi connectivity index (χ0n) is 20.2. The van der Waals surface area contributed by atoms with E-state index in [1.165, 1.54) is 5.56 Å². The van der Waals surface area contributed by atoms with Gasteiger partial charge in [0.1, 0.15) is 31.4 Å². The van der Waals surface area contributed by atoms with Gasteiger partial charge in [0.05, 0.1) is 0 Å². The number of hydrogen-bond donors (Lipinski definition) is 0. The SMILES string of the molecule is O=C1COc2ccc(C(=O)N3CCC([C@@H](c4ccccc4)c4cccc(OCCF)c4)CC3)cc2C1. The lowest BCUT2D eigenvalue weighted by molar-refractivity contribution is -0.121. The Balaban J connectivity index is 1.32. The van der Waals surface area contributed by atoms with Crippen molar-refractivity contribution in [1.29, 1.82) is 0 Å². The molecule has 0 spiro atoms. The van der Waals surface area contributed by atoms with E-state index in [9.17, 15) is 14.0 Å². The number of likely N-dealkylation sites (tertiary alicyclic amines) is 1. The Labute approximate surface area is 210 Å². The Morgan fingerprint density at radius 1 is 1.00 bits per heavy atom. The number of fused-ring (bicyclic) bond motifs is 1. The van der Waals surface area contributed by atoms with Crippen LogP contribution in [-0.4, -0.2) is 49.6 Å². The van der Waals surface area contributed by atoms with Crippen molar-refractivity contribution in [3.63, 3.8) is 0 Å². The number of amides is 1. The molecule has 2 heterocycles. The van der Waals surface area contributed by atoms with E-state index in [2.05, 4.69) is 30.3 Å². The number of ketones is 1. The van der Waals surface area contributed by atoms with Crippen LogP contribution in [0.1, 0.15) is 45.8 Å². The van der Waals surface area contributed by atoms with Crippen LogP contribution in [0.15, 0.2) is 72.8 Å². The monoisotopic (exact) mass is 487 g/mol. The van der Waals surface area contributed by atoms with Crippen LogP contribution in [0.4, 0.5) is 4.39 Å². The van der Waals surface area contributed by atoms with Crippen LogP contribution in [0.3, 0.4) is 0 Å². The van der Waals surface area contributed by atoms with E-state index in [-0.39, 0.29) is 30.8 Å². The molecule has 186 valence electrons. The molecule has 0 saturated carbocycles. The average Bonchev–Trinajstić information content (AvgIpc) is 2.92. The zero-order valence-corrected chi connectivity index (χ0v) is 20.2. The molecule has 2 aliphatic heterocycles. The van der Waals surface area contributed by atoms with E-state index in [1.807, 2.05) is 29.2 Å². The van der Waals surface area contributed by atoms with Crippen molar-refractivity contribution in [2.45, 2.75) is 25.2 Å². The van der Waals surface area contributed by atoms with Crippen LogP contribution in [0, 0.1) is 5.92 Å². The predicted octanol–water partition coefficient (Wildman–Crippen LogP) is 5.22. The molecule has 0 aromatic heterocycles. The van der Waals surface area contributed by atoms with Gasteiger partial charge in [-0.05, 0) is 60.2 Å². The van der Waals surface area contributed by atoms with E-state index in [1.54, 1.807) is 18.2 Å². The maximum Gasteiger partial charge on any atom is 0.253 e. The summed E-state index contributed by atoms with van der Waals surface area (Å²) in [6.45, 7) is 0.950. The summed E-state index contributed by atoms with van der Waals surface area (Å²) in [7, 11) is 0. The van der Waals surface area contributed by atoms with Crippen molar-refractivity contribution in [3.05, 3.63) is 95.1 Å². The van der Waals surface area contributed by atoms with Gasteiger partial charge in [-0.3, -0.25) is 9.59 Å². The summed E-state index contributed by atoms with van der Waals surface area (Å²) in [5.74, 6) is 1.89.